The zero-order valence-corrected chi connectivity index (χ0v) is 12.9. The summed E-state index contributed by atoms with van der Waals surface area (Å²) in [4.78, 5) is 24.5. The number of aromatic nitrogens is 5. The Morgan fingerprint density at radius 2 is 2.00 bits per heavy atom. The van der Waals surface area contributed by atoms with Crippen LogP contribution in [0.25, 0.3) is 22.4 Å². The molecule has 0 atom stereocenters. The molecule has 3 aromatic heterocycles. The monoisotopic (exact) mass is 337 g/mol. The number of phenols is 1. The number of carbonyl (C=O) groups excluding carboxylic acids is 1. The van der Waals surface area contributed by atoms with Crippen molar-refractivity contribution in [3.63, 3.8) is 0 Å². The van der Waals surface area contributed by atoms with Crippen molar-refractivity contribution < 1.29 is 14.6 Å². The molecule has 0 amide bonds. The largest absolute Gasteiger partial charge is 0.506 e. The van der Waals surface area contributed by atoms with Crippen LogP contribution in [-0.4, -0.2) is 42.6 Å². The fourth-order valence-electron chi connectivity index (χ4n) is 2.60. The van der Waals surface area contributed by atoms with Gasteiger partial charge in [0.1, 0.15) is 16.8 Å². The van der Waals surface area contributed by atoms with Gasteiger partial charge in [0.05, 0.1) is 19.0 Å². The molecule has 0 aliphatic rings. The van der Waals surface area contributed by atoms with E-state index < -0.39 is 11.5 Å². The van der Waals surface area contributed by atoms with E-state index in [2.05, 4.69) is 20.0 Å². The number of pyridine rings is 1. The van der Waals surface area contributed by atoms with E-state index in [0.717, 1.165) is 0 Å². The highest BCUT2D eigenvalue weighted by Crippen LogP contribution is 2.20. The van der Waals surface area contributed by atoms with Crippen LogP contribution in [0, 0.1) is 0 Å². The topological polar surface area (TPSA) is 112 Å². The summed E-state index contributed by atoms with van der Waals surface area (Å²) in [6.07, 6.45) is 2.81. The summed E-state index contributed by atoms with van der Waals surface area (Å²) in [6.45, 7) is 0. The molecule has 1 aromatic carbocycles. The summed E-state index contributed by atoms with van der Waals surface area (Å²) in [6, 6.07) is 8.07. The van der Waals surface area contributed by atoms with Gasteiger partial charge < -0.3 is 9.84 Å². The molecular weight excluding hydrogens is 326 g/mol. The molecule has 9 nitrogen and oxygen atoms in total. The van der Waals surface area contributed by atoms with Crippen LogP contribution in [0.5, 0.6) is 5.75 Å². The molecule has 0 unspecified atom stereocenters. The number of rotatable bonds is 2. The van der Waals surface area contributed by atoms with Crippen LogP contribution < -0.4 is 5.56 Å². The van der Waals surface area contributed by atoms with Gasteiger partial charge in [-0.15, -0.1) is 10.2 Å². The third-order valence-electron chi connectivity index (χ3n) is 3.81. The second-order valence-corrected chi connectivity index (χ2v) is 5.20. The lowest BCUT2D eigenvalue weighted by Gasteiger charge is -2.08. The van der Waals surface area contributed by atoms with E-state index in [-0.39, 0.29) is 22.5 Å². The van der Waals surface area contributed by atoms with Gasteiger partial charge in [0.25, 0.3) is 5.56 Å². The van der Waals surface area contributed by atoms with Crippen LogP contribution in [0.15, 0.2) is 47.5 Å². The van der Waals surface area contributed by atoms with Gasteiger partial charge in [-0.05, 0) is 18.2 Å². The van der Waals surface area contributed by atoms with Crippen molar-refractivity contribution in [1.29, 1.82) is 0 Å². The van der Waals surface area contributed by atoms with Gasteiger partial charge in [-0.25, -0.2) is 9.31 Å². The number of carbonyl (C=O) groups is 1. The average molecular weight is 337 g/mol. The summed E-state index contributed by atoms with van der Waals surface area (Å²) in [5.74, 6) is -0.628. The number of para-hydroxylation sites is 2. The van der Waals surface area contributed by atoms with E-state index >= 15 is 0 Å². The Kier molecular flexibility index (Phi) is 3.21. The van der Waals surface area contributed by atoms with Crippen LogP contribution in [0.3, 0.4) is 0 Å². The number of ether oxygens (including phenoxy) is 1. The van der Waals surface area contributed by atoms with Crippen molar-refractivity contribution in [2.24, 2.45) is 0 Å². The Bertz CT molecular complexity index is 1190. The molecule has 4 rings (SSSR count). The Morgan fingerprint density at radius 3 is 2.76 bits per heavy atom. The SMILES string of the molecule is COC(=O)c1cnn2c1nnc1c(=O)n(-c3ccccc3O)ccc12. The minimum absolute atomic E-state index is 0.0370. The third-order valence-corrected chi connectivity index (χ3v) is 3.81. The third kappa shape index (κ3) is 2.13. The van der Waals surface area contributed by atoms with Gasteiger partial charge in [-0.3, -0.25) is 9.36 Å². The number of phenolic OH excluding ortho intramolecular Hbond substituents is 1. The fourth-order valence-corrected chi connectivity index (χ4v) is 2.60. The number of nitrogens with zero attached hydrogens (tertiary/aromatic N) is 5. The fraction of sp³-hybridized carbons (Fsp3) is 0.0625. The lowest BCUT2D eigenvalue weighted by molar-refractivity contribution is 0.0602. The van der Waals surface area contributed by atoms with Crippen molar-refractivity contribution in [1.82, 2.24) is 24.4 Å². The first-order valence-corrected chi connectivity index (χ1v) is 7.24. The Hall–Kier alpha value is -3.75. The van der Waals surface area contributed by atoms with Crippen molar-refractivity contribution in [2.75, 3.05) is 7.11 Å². The number of hydrogen-bond donors (Lipinski definition) is 1. The van der Waals surface area contributed by atoms with Gasteiger partial charge in [-0.1, -0.05) is 12.1 Å². The first-order chi connectivity index (χ1) is 12.1. The standard InChI is InChI=1S/C16H11N5O4/c1-25-16(24)9-8-17-21-11-6-7-20(10-4-2-3-5-12(10)22)15(23)13(11)18-19-14(9)21/h2-8,22H,1H3. The second kappa shape index (κ2) is 5.41. The highest BCUT2D eigenvalue weighted by atomic mass is 16.5. The van der Waals surface area contributed by atoms with E-state index in [1.807, 2.05) is 0 Å². The number of methoxy groups -OCH3 is 1. The zero-order valence-electron chi connectivity index (χ0n) is 12.9. The van der Waals surface area contributed by atoms with Crippen LogP contribution in [0.2, 0.25) is 0 Å². The van der Waals surface area contributed by atoms with Gasteiger partial charge in [0, 0.05) is 6.20 Å². The molecule has 1 N–H and O–H groups in total. The van der Waals surface area contributed by atoms with Crippen LogP contribution in [0.4, 0.5) is 0 Å². The van der Waals surface area contributed by atoms with Gasteiger partial charge in [0.15, 0.2) is 11.2 Å². The van der Waals surface area contributed by atoms with E-state index in [1.54, 1.807) is 24.3 Å². The lowest BCUT2D eigenvalue weighted by atomic mass is 10.2. The summed E-state index contributed by atoms with van der Waals surface area (Å²) in [7, 11) is 1.26. The molecule has 0 aliphatic heterocycles. The lowest BCUT2D eigenvalue weighted by Crippen LogP contribution is -2.20. The Labute approximate surface area is 139 Å². The van der Waals surface area contributed by atoms with Gasteiger partial charge in [-0.2, -0.15) is 5.10 Å². The average Bonchev–Trinajstić information content (AvgIpc) is 3.07. The predicted molar refractivity (Wildman–Crippen MR) is 86.9 cm³/mol. The molecule has 0 fully saturated rings. The molecule has 25 heavy (non-hydrogen) atoms. The van der Waals surface area contributed by atoms with Crippen molar-refractivity contribution in [2.45, 2.75) is 0 Å². The molecule has 0 saturated carbocycles. The Morgan fingerprint density at radius 1 is 1.20 bits per heavy atom. The van der Waals surface area contributed by atoms with E-state index in [4.69, 9.17) is 0 Å². The highest BCUT2D eigenvalue weighted by molar-refractivity contribution is 5.96. The number of aromatic hydroxyl groups is 1. The van der Waals surface area contributed by atoms with Gasteiger partial charge >= 0.3 is 5.97 Å². The number of fused-ring (bicyclic) bond motifs is 3. The maximum Gasteiger partial charge on any atom is 0.343 e. The molecule has 124 valence electrons. The summed E-state index contributed by atoms with van der Waals surface area (Å²) >= 11 is 0. The number of benzene rings is 1. The minimum Gasteiger partial charge on any atom is -0.506 e. The molecule has 4 aromatic rings. The molecule has 0 radical (unpaired) electrons. The summed E-state index contributed by atoms with van der Waals surface area (Å²) < 4.78 is 7.29. The van der Waals surface area contributed by atoms with E-state index in [9.17, 15) is 14.7 Å². The highest BCUT2D eigenvalue weighted by Gasteiger charge is 2.18. The zero-order chi connectivity index (χ0) is 17.6. The van der Waals surface area contributed by atoms with Crippen LogP contribution >= 0.6 is 0 Å². The first-order valence-electron chi connectivity index (χ1n) is 7.24. The molecular formula is C16H11N5O4. The molecule has 0 aliphatic carbocycles. The van der Waals surface area contributed by atoms with Gasteiger partial charge in [0.2, 0.25) is 0 Å². The number of esters is 1. The predicted octanol–water partition coefficient (Wildman–Crippen LogP) is 0.921. The van der Waals surface area contributed by atoms with Crippen LogP contribution in [-0.2, 0) is 4.74 Å². The quantitative estimate of drug-likeness (QED) is 0.541. The second-order valence-electron chi connectivity index (χ2n) is 5.20. The smallest absolute Gasteiger partial charge is 0.343 e. The van der Waals surface area contributed by atoms with Crippen LogP contribution in [0.1, 0.15) is 10.4 Å². The van der Waals surface area contributed by atoms with E-state index in [0.29, 0.717) is 11.2 Å². The Balaban J connectivity index is 2.01. The first kappa shape index (κ1) is 14.8. The normalized spacial score (nSPS) is 11.1. The van der Waals surface area contributed by atoms with E-state index in [1.165, 1.54) is 34.7 Å². The molecule has 3 heterocycles. The van der Waals surface area contributed by atoms with Crippen molar-refractivity contribution in [3.05, 3.63) is 58.6 Å². The maximum atomic E-state index is 12.7. The van der Waals surface area contributed by atoms with Crippen molar-refractivity contribution >= 4 is 22.6 Å². The summed E-state index contributed by atoms with van der Waals surface area (Å²) in [5.41, 5.74) is 0.644. The molecule has 0 spiro atoms. The number of hydrogen-bond acceptors (Lipinski definition) is 7. The summed E-state index contributed by atoms with van der Waals surface area (Å²) in [5, 5.41) is 21.9. The molecule has 9 heteroatoms. The van der Waals surface area contributed by atoms with Crippen molar-refractivity contribution in [3.8, 4) is 11.4 Å². The molecule has 0 saturated heterocycles. The molecule has 0 bridgehead atoms. The maximum absolute atomic E-state index is 12.7. The minimum atomic E-state index is -0.591.